The molecule has 8 nitrogen and oxygen atoms in total. The van der Waals surface area contributed by atoms with Gasteiger partial charge in [-0.3, -0.25) is 4.79 Å². The molecular formula is C23H31N3O5S. The molecule has 0 saturated heterocycles. The standard InChI is InChI=1S/C23H31N3O5S/c1-26(2)19-8-6-7-18(15-19)17-24-23(27)9-4-3-5-12-25-32(28,29)20-10-11-21-22(16-20)31-14-13-30-21/h6-8,10-11,15-16,25H,3-5,9,12-14,17H2,1-2H3,(H,24,27). The van der Waals surface area contributed by atoms with Crippen LogP contribution in [0.5, 0.6) is 11.5 Å². The topological polar surface area (TPSA) is 97.0 Å². The van der Waals surface area contributed by atoms with Gasteiger partial charge < -0.3 is 19.7 Å². The number of fused-ring (bicyclic) bond motifs is 1. The Balaban J connectivity index is 1.33. The molecule has 0 aromatic heterocycles. The highest BCUT2D eigenvalue weighted by molar-refractivity contribution is 7.89. The fraction of sp³-hybridized carbons (Fsp3) is 0.435. The molecule has 1 amide bonds. The molecule has 9 heteroatoms. The summed E-state index contributed by atoms with van der Waals surface area (Å²) in [5, 5.41) is 2.94. The third-order valence-corrected chi connectivity index (χ3v) is 6.57. The van der Waals surface area contributed by atoms with Crippen LogP contribution < -0.4 is 24.4 Å². The van der Waals surface area contributed by atoms with Crippen molar-refractivity contribution in [2.75, 3.05) is 38.8 Å². The van der Waals surface area contributed by atoms with E-state index >= 15 is 0 Å². The summed E-state index contributed by atoms with van der Waals surface area (Å²) < 4.78 is 38.4. The Morgan fingerprint density at radius 1 is 1.00 bits per heavy atom. The lowest BCUT2D eigenvalue weighted by Gasteiger charge is -2.18. The molecule has 0 unspecified atom stereocenters. The summed E-state index contributed by atoms with van der Waals surface area (Å²) in [4.78, 5) is 14.2. The number of carbonyl (C=O) groups is 1. The summed E-state index contributed by atoms with van der Waals surface area (Å²) in [5.74, 6) is 0.995. The summed E-state index contributed by atoms with van der Waals surface area (Å²) in [5.41, 5.74) is 2.15. The normalized spacial score (nSPS) is 12.9. The number of anilines is 1. The second-order valence-electron chi connectivity index (χ2n) is 7.85. The van der Waals surface area contributed by atoms with Crippen LogP contribution in [0.1, 0.15) is 31.2 Å². The average Bonchev–Trinajstić information content (AvgIpc) is 2.79. The molecule has 0 aliphatic carbocycles. The number of nitrogens with zero attached hydrogens (tertiary/aromatic N) is 1. The number of ether oxygens (including phenoxy) is 2. The van der Waals surface area contributed by atoms with Crippen molar-refractivity contribution in [3.63, 3.8) is 0 Å². The van der Waals surface area contributed by atoms with Crippen LogP contribution in [0.15, 0.2) is 47.4 Å². The van der Waals surface area contributed by atoms with Crippen molar-refractivity contribution >= 4 is 21.6 Å². The molecular weight excluding hydrogens is 430 g/mol. The molecule has 174 valence electrons. The number of carbonyl (C=O) groups excluding carboxylic acids is 1. The highest BCUT2D eigenvalue weighted by atomic mass is 32.2. The van der Waals surface area contributed by atoms with Gasteiger partial charge in [0.1, 0.15) is 13.2 Å². The highest BCUT2D eigenvalue weighted by Gasteiger charge is 2.18. The van der Waals surface area contributed by atoms with Crippen LogP contribution in [0.25, 0.3) is 0 Å². The van der Waals surface area contributed by atoms with Crippen LogP contribution in [-0.4, -0.2) is 48.2 Å². The molecule has 2 N–H and O–H groups in total. The molecule has 0 fully saturated rings. The number of hydrogen-bond acceptors (Lipinski definition) is 6. The van der Waals surface area contributed by atoms with Crippen molar-refractivity contribution < 1.29 is 22.7 Å². The SMILES string of the molecule is CN(C)c1cccc(CNC(=O)CCCCCNS(=O)(=O)c2ccc3c(c2)OCCO3)c1. The Morgan fingerprint density at radius 3 is 2.56 bits per heavy atom. The summed E-state index contributed by atoms with van der Waals surface area (Å²) in [6.07, 6.45) is 2.53. The summed E-state index contributed by atoms with van der Waals surface area (Å²) >= 11 is 0. The number of nitrogens with one attached hydrogen (secondary N) is 2. The lowest BCUT2D eigenvalue weighted by Crippen LogP contribution is -2.25. The molecule has 0 atom stereocenters. The molecule has 2 aromatic carbocycles. The minimum absolute atomic E-state index is 0.00267. The summed E-state index contributed by atoms with van der Waals surface area (Å²) in [6.45, 7) is 1.67. The van der Waals surface area contributed by atoms with E-state index in [9.17, 15) is 13.2 Å². The third kappa shape index (κ3) is 6.86. The van der Waals surface area contributed by atoms with Gasteiger partial charge in [0.05, 0.1) is 4.90 Å². The number of sulfonamides is 1. The molecule has 2 aromatic rings. The quantitative estimate of drug-likeness (QED) is 0.500. The zero-order valence-electron chi connectivity index (χ0n) is 18.6. The van der Waals surface area contributed by atoms with Gasteiger partial charge in [0.15, 0.2) is 11.5 Å². The molecule has 1 aliphatic rings. The summed E-state index contributed by atoms with van der Waals surface area (Å²) in [7, 11) is 0.346. The number of rotatable bonds is 11. The van der Waals surface area contributed by atoms with E-state index in [0.717, 1.165) is 17.7 Å². The van der Waals surface area contributed by atoms with Crippen LogP contribution in [-0.2, 0) is 21.4 Å². The molecule has 0 radical (unpaired) electrons. The van der Waals surface area contributed by atoms with E-state index in [2.05, 4.69) is 10.0 Å². The van der Waals surface area contributed by atoms with Crippen LogP contribution in [0.3, 0.4) is 0 Å². The van der Waals surface area contributed by atoms with Gasteiger partial charge in [0.25, 0.3) is 0 Å². The molecule has 0 bridgehead atoms. The van der Waals surface area contributed by atoms with E-state index in [1.165, 1.54) is 12.1 Å². The van der Waals surface area contributed by atoms with Gasteiger partial charge in [-0.1, -0.05) is 18.6 Å². The van der Waals surface area contributed by atoms with E-state index < -0.39 is 10.0 Å². The Labute approximate surface area is 190 Å². The fourth-order valence-electron chi connectivity index (χ4n) is 3.30. The second-order valence-corrected chi connectivity index (χ2v) is 9.62. The maximum atomic E-state index is 12.5. The van der Waals surface area contributed by atoms with Gasteiger partial charge in [-0.05, 0) is 42.7 Å². The Bertz CT molecular complexity index is 1020. The van der Waals surface area contributed by atoms with Gasteiger partial charge in [-0.15, -0.1) is 0 Å². The maximum Gasteiger partial charge on any atom is 0.240 e. The van der Waals surface area contributed by atoms with Crippen molar-refractivity contribution in [1.29, 1.82) is 0 Å². The summed E-state index contributed by atoms with van der Waals surface area (Å²) in [6, 6.07) is 12.6. The lowest BCUT2D eigenvalue weighted by molar-refractivity contribution is -0.121. The molecule has 1 heterocycles. The molecule has 3 rings (SSSR count). The Kier molecular flexibility index (Phi) is 8.35. The molecule has 0 saturated carbocycles. The maximum absolute atomic E-state index is 12.5. The average molecular weight is 462 g/mol. The minimum atomic E-state index is -3.61. The zero-order valence-corrected chi connectivity index (χ0v) is 19.4. The lowest BCUT2D eigenvalue weighted by atomic mass is 10.1. The first-order valence-corrected chi connectivity index (χ1v) is 12.3. The minimum Gasteiger partial charge on any atom is -0.486 e. The third-order valence-electron chi connectivity index (χ3n) is 5.11. The fourth-order valence-corrected chi connectivity index (χ4v) is 4.39. The van der Waals surface area contributed by atoms with Gasteiger partial charge in [-0.2, -0.15) is 0 Å². The van der Waals surface area contributed by atoms with E-state index in [1.807, 2.05) is 43.3 Å². The van der Waals surface area contributed by atoms with Crippen molar-refractivity contribution in [3.05, 3.63) is 48.0 Å². The van der Waals surface area contributed by atoms with E-state index in [-0.39, 0.29) is 10.8 Å². The van der Waals surface area contributed by atoms with Gasteiger partial charge in [0, 0.05) is 45.4 Å². The first kappa shape index (κ1) is 23.9. The van der Waals surface area contributed by atoms with Gasteiger partial charge in [0.2, 0.25) is 15.9 Å². The van der Waals surface area contributed by atoms with Crippen LogP contribution in [0.4, 0.5) is 5.69 Å². The highest BCUT2D eigenvalue weighted by Crippen LogP contribution is 2.32. The van der Waals surface area contributed by atoms with Crippen molar-refractivity contribution in [2.45, 2.75) is 37.1 Å². The second kappa shape index (κ2) is 11.2. The van der Waals surface area contributed by atoms with E-state index in [0.29, 0.717) is 57.1 Å². The number of amides is 1. The molecule has 0 spiro atoms. The molecule has 1 aliphatic heterocycles. The Hall–Kier alpha value is -2.78. The predicted molar refractivity (Wildman–Crippen MR) is 124 cm³/mol. The van der Waals surface area contributed by atoms with Gasteiger partial charge in [-0.25, -0.2) is 13.1 Å². The smallest absolute Gasteiger partial charge is 0.240 e. The first-order valence-electron chi connectivity index (χ1n) is 10.8. The van der Waals surface area contributed by atoms with E-state index in [1.54, 1.807) is 6.07 Å². The first-order chi connectivity index (χ1) is 15.3. The van der Waals surface area contributed by atoms with Crippen LogP contribution in [0, 0.1) is 0 Å². The number of unbranched alkanes of at least 4 members (excludes halogenated alkanes) is 2. The Morgan fingerprint density at radius 2 is 1.78 bits per heavy atom. The zero-order chi connectivity index (χ0) is 23.0. The van der Waals surface area contributed by atoms with Crippen LogP contribution >= 0.6 is 0 Å². The monoisotopic (exact) mass is 461 g/mol. The number of benzene rings is 2. The van der Waals surface area contributed by atoms with Crippen LogP contribution in [0.2, 0.25) is 0 Å². The number of hydrogen-bond donors (Lipinski definition) is 2. The predicted octanol–water partition coefficient (Wildman–Crippen LogP) is 2.68. The van der Waals surface area contributed by atoms with Crippen molar-refractivity contribution in [2.24, 2.45) is 0 Å². The van der Waals surface area contributed by atoms with Crippen molar-refractivity contribution in [1.82, 2.24) is 10.0 Å². The largest absolute Gasteiger partial charge is 0.486 e. The van der Waals surface area contributed by atoms with Crippen molar-refractivity contribution in [3.8, 4) is 11.5 Å². The van der Waals surface area contributed by atoms with Gasteiger partial charge >= 0.3 is 0 Å². The molecule has 32 heavy (non-hydrogen) atoms. The van der Waals surface area contributed by atoms with E-state index in [4.69, 9.17) is 9.47 Å².